The van der Waals surface area contributed by atoms with Gasteiger partial charge in [0.15, 0.2) is 0 Å². The molecule has 4 nitrogen and oxygen atoms in total. The molecule has 1 aliphatic rings. The highest BCUT2D eigenvalue weighted by Crippen LogP contribution is 1.97. The van der Waals surface area contributed by atoms with Gasteiger partial charge in [-0.3, -0.25) is 4.79 Å². The molecular weight excluding hydrogens is 184 g/mol. The van der Waals surface area contributed by atoms with Crippen molar-refractivity contribution in [3.8, 4) is 0 Å². The van der Waals surface area contributed by atoms with E-state index in [-0.39, 0.29) is 0 Å². The molecule has 0 aromatic heterocycles. The van der Waals surface area contributed by atoms with Crippen molar-refractivity contribution >= 4 is 5.97 Å². The number of hydrogen-bond donors (Lipinski definition) is 1. The third-order valence-corrected chi connectivity index (χ3v) is 1.74. The first-order valence-corrected chi connectivity index (χ1v) is 5.14. The van der Waals surface area contributed by atoms with Gasteiger partial charge in [0.2, 0.25) is 0 Å². The Balaban J connectivity index is 0.000000249. The van der Waals surface area contributed by atoms with Crippen LogP contribution in [-0.2, 0) is 14.3 Å². The first-order valence-electron chi connectivity index (χ1n) is 5.14. The van der Waals surface area contributed by atoms with Gasteiger partial charge in [-0.05, 0) is 6.42 Å². The van der Waals surface area contributed by atoms with E-state index in [1.165, 1.54) is 0 Å². The topological polar surface area (TPSA) is 55.8 Å². The molecule has 1 heterocycles. The Labute approximate surface area is 85.2 Å². The van der Waals surface area contributed by atoms with E-state index in [0.717, 1.165) is 45.7 Å². The maximum Gasteiger partial charge on any atom is 0.303 e. The van der Waals surface area contributed by atoms with Crippen molar-refractivity contribution in [1.29, 1.82) is 0 Å². The van der Waals surface area contributed by atoms with Crippen LogP contribution in [0.5, 0.6) is 0 Å². The van der Waals surface area contributed by atoms with Gasteiger partial charge in [-0.1, -0.05) is 19.8 Å². The second-order valence-electron chi connectivity index (χ2n) is 3.08. The molecule has 1 fully saturated rings. The van der Waals surface area contributed by atoms with Gasteiger partial charge in [0.25, 0.3) is 0 Å². The van der Waals surface area contributed by atoms with Crippen LogP contribution in [0.2, 0.25) is 0 Å². The second-order valence-corrected chi connectivity index (χ2v) is 3.08. The fourth-order valence-electron chi connectivity index (χ4n) is 0.966. The van der Waals surface area contributed by atoms with Crippen LogP contribution >= 0.6 is 0 Å². The number of ether oxygens (including phenoxy) is 2. The molecule has 0 aromatic carbocycles. The number of carboxylic acid groups (broad SMARTS) is 1. The quantitative estimate of drug-likeness (QED) is 0.708. The summed E-state index contributed by atoms with van der Waals surface area (Å²) in [6, 6.07) is 0. The van der Waals surface area contributed by atoms with Crippen LogP contribution in [0.15, 0.2) is 0 Å². The van der Waals surface area contributed by atoms with Crippen LogP contribution in [-0.4, -0.2) is 37.5 Å². The molecule has 0 unspecified atom stereocenters. The Morgan fingerprint density at radius 1 is 1.14 bits per heavy atom. The largest absolute Gasteiger partial charge is 0.481 e. The van der Waals surface area contributed by atoms with Crippen molar-refractivity contribution in [2.75, 3.05) is 26.4 Å². The predicted octanol–water partition coefficient (Wildman–Crippen LogP) is 1.68. The van der Waals surface area contributed by atoms with E-state index in [1.807, 2.05) is 0 Å². The Morgan fingerprint density at radius 3 is 1.93 bits per heavy atom. The van der Waals surface area contributed by atoms with Crippen molar-refractivity contribution in [2.24, 2.45) is 0 Å². The van der Waals surface area contributed by atoms with Gasteiger partial charge < -0.3 is 14.6 Å². The number of rotatable bonds is 4. The molecule has 84 valence electrons. The minimum absolute atomic E-state index is 0.327. The smallest absolute Gasteiger partial charge is 0.303 e. The lowest BCUT2D eigenvalue weighted by molar-refractivity contribution is -0.137. The number of aliphatic carboxylic acids is 1. The maximum atomic E-state index is 9.87. The van der Waals surface area contributed by atoms with Crippen molar-refractivity contribution in [1.82, 2.24) is 0 Å². The van der Waals surface area contributed by atoms with Gasteiger partial charge >= 0.3 is 5.97 Å². The molecule has 1 aliphatic heterocycles. The van der Waals surface area contributed by atoms with E-state index in [1.54, 1.807) is 0 Å². The monoisotopic (exact) mass is 204 g/mol. The van der Waals surface area contributed by atoms with Crippen LogP contribution in [0.4, 0.5) is 0 Å². The van der Waals surface area contributed by atoms with Crippen molar-refractivity contribution in [3.63, 3.8) is 0 Å². The Kier molecular flexibility index (Phi) is 10.0. The highest BCUT2D eigenvalue weighted by Gasteiger charge is 1.94. The van der Waals surface area contributed by atoms with Crippen LogP contribution in [0.3, 0.4) is 0 Å². The molecule has 1 rings (SSSR count). The summed E-state index contributed by atoms with van der Waals surface area (Å²) >= 11 is 0. The number of unbranched alkanes of at least 4 members (excludes halogenated alkanes) is 2. The molecule has 0 bridgehead atoms. The molecule has 1 N–H and O–H groups in total. The first kappa shape index (κ1) is 13.4. The standard InChI is InChI=1S/C6H12O2.C4H8O2/c1-2-3-4-5-6(7)8;1-2-6-4-3-5-1/h2-5H2,1H3,(H,7,8);1-4H2. The molecule has 0 atom stereocenters. The maximum absolute atomic E-state index is 9.87. The summed E-state index contributed by atoms with van der Waals surface area (Å²) in [5, 5.41) is 8.14. The Morgan fingerprint density at radius 2 is 1.64 bits per heavy atom. The van der Waals surface area contributed by atoms with Crippen LogP contribution in [0, 0.1) is 0 Å². The van der Waals surface area contributed by atoms with E-state index in [2.05, 4.69) is 6.92 Å². The predicted molar refractivity (Wildman–Crippen MR) is 53.4 cm³/mol. The molecule has 1 saturated heterocycles. The van der Waals surface area contributed by atoms with Crippen molar-refractivity contribution < 1.29 is 19.4 Å². The summed E-state index contributed by atoms with van der Waals surface area (Å²) in [6.45, 7) is 5.17. The zero-order valence-corrected chi connectivity index (χ0v) is 8.83. The lowest BCUT2D eigenvalue weighted by atomic mass is 10.2. The summed E-state index contributed by atoms with van der Waals surface area (Å²) in [7, 11) is 0. The number of carboxylic acids is 1. The molecule has 14 heavy (non-hydrogen) atoms. The minimum Gasteiger partial charge on any atom is -0.481 e. The molecule has 4 heteroatoms. The second kappa shape index (κ2) is 10.5. The lowest BCUT2D eigenvalue weighted by Crippen LogP contribution is -2.16. The average molecular weight is 204 g/mol. The van der Waals surface area contributed by atoms with Crippen LogP contribution < -0.4 is 0 Å². The van der Waals surface area contributed by atoms with E-state index in [4.69, 9.17) is 14.6 Å². The van der Waals surface area contributed by atoms with Gasteiger partial charge in [0, 0.05) is 6.42 Å². The zero-order valence-electron chi connectivity index (χ0n) is 8.83. The summed E-state index contributed by atoms with van der Waals surface area (Å²) < 4.78 is 9.89. The molecule has 0 spiro atoms. The third-order valence-electron chi connectivity index (χ3n) is 1.74. The van der Waals surface area contributed by atoms with Crippen LogP contribution in [0.1, 0.15) is 32.6 Å². The molecular formula is C10H20O4. The lowest BCUT2D eigenvalue weighted by Gasteiger charge is -2.09. The van der Waals surface area contributed by atoms with Gasteiger partial charge in [0.05, 0.1) is 26.4 Å². The van der Waals surface area contributed by atoms with E-state index < -0.39 is 5.97 Å². The molecule has 0 saturated carbocycles. The molecule has 0 amide bonds. The van der Waals surface area contributed by atoms with Gasteiger partial charge in [-0.2, -0.15) is 0 Å². The highest BCUT2D eigenvalue weighted by molar-refractivity contribution is 5.66. The van der Waals surface area contributed by atoms with Crippen molar-refractivity contribution in [2.45, 2.75) is 32.6 Å². The summed E-state index contributed by atoms with van der Waals surface area (Å²) in [5.41, 5.74) is 0. The third kappa shape index (κ3) is 11.4. The summed E-state index contributed by atoms with van der Waals surface area (Å²) in [5.74, 6) is -0.682. The van der Waals surface area contributed by atoms with Crippen LogP contribution in [0.25, 0.3) is 0 Å². The summed E-state index contributed by atoms with van der Waals surface area (Å²) in [4.78, 5) is 9.87. The highest BCUT2D eigenvalue weighted by atomic mass is 16.6. The Hall–Kier alpha value is -0.610. The van der Waals surface area contributed by atoms with Crippen molar-refractivity contribution in [3.05, 3.63) is 0 Å². The molecule has 0 radical (unpaired) electrons. The fourth-order valence-corrected chi connectivity index (χ4v) is 0.966. The van der Waals surface area contributed by atoms with E-state index in [0.29, 0.717) is 6.42 Å². The zero-order chi connectivity index (χ0) is 10.6. The molecule has 0 aromatic rings. The van der Waals surface area contributed by atoms with Gasteiger partial charge in [0.1, 0.15) is 0 Å². The fraction of sp³-hybridized carbons (Fsp3) is 0.900. The van der Waals surface area contributed by atoms with Gasteiger partial charge in [-0.15, -0.1) is 0 Å². The van der Waals surface area contributed by atoms with E-state index in [9.17, 15) is 4.79 Å². The van der Waals surface area contributed by atoms with E-state index >= 15 is 0 Å². The molecule has 0 aliphatic carbocycles. The Bertz CT molecular complexity index is 121. The summed E-state index contributed by atoms with van der Waals surface area (Å²) in [6.07, 6.45) is 3.28. The average Bonchev–Trinajstić information content (AvgIpc) is 2.21. The van der Waals surface area contributed by atoms with Gasteiger partial charge in [-0.25, -0.2) is 0 Å². The number of carbonyl (C=O) groups is 1. The minimum atomic E-state index is -0.682. The first-order chi connectivity index (χ1) is 6.77. The SMILES string of the molecule is C1COCCO1.CCCCCC(=O)O. The number of hydrogen-bond acceptors (Lipinski definition) is 3. The normalized spacial score (nSPS) is 15.5.